The number of para-hydroxylation sites is 1. The van der Waals surface area contributed by atoms with Gasteiger partial charge in [0.1, 0.15) is 6.04 Å². The predicted molar refractivity (Wildman–Crippen MR) is 119 cm³/mol. The maximum Gasteiger partial charge on any atom is 0.245 e. The number of rotatable bonds is 2. The zero-order chi connectivity index (χ0) is 18.8. The van der Waals surface area contributed by atoms with Crippen LogP contribution < -0.4 is 4.90 Å². The molecule has 3 aliphatic rings. The Balaban J connectivity index is 0.00000225. The van der Waals surface area contributed by atoms with Gasteiger partial charge in [-0.2, -0.15) is 0 Å². The van der Waals surface area contributed by atoms with E-state index in [-0.39, 0.29) is 47.8 Å². The van der Waals surface area contributed by atoms with E-state index >= 15 is 0 Å². The van der Waals surface area contributed by atoms with Crippen molar-refractivity contribution in [1.82, 2.24) is 9.80 Å². The molecule has 1 aromatic carbocycles. The van der Waals surface area contributed by atoms with Crippen molar-refractivity contribution in [2.75, 3.05) is 51.3 Å². The van der Waals surface area contributed by atoms with Gasteiger partial charge in [-0.3, -0.25) is 14.5 Å². The highest BCUT2D eigenvalue weighted by atomic mass is 127. The number of hydrogen-bond donors (Lipinski definition) is 0. The molecule has 0 aliphatic carbocycles. The van der Waals surface area contributed by atoms with Crippen LogP contribution in [0.2, 0.25) is 0 Å². The van der Waals surface area contributed by atoms with Crippen LogP contribution in [0.1, 0.15) is 24.8 Å². The van der Waals surface area contributed by atoms with Gasteiger partial charge in [0, 0.05) is 51.0 Å². The van der Waals surface area contributed by atoms with Gasteiger partial charge in [-0.1, -0.05) is 18.2 Å². The van der Waals surface area contributed by atoms with Gasteiger partial charge in [-0.05, 0) is 44.4 Å². The lowest BCUT2D eigenvalue weighted by Gasteiger charge is -2.42. The molecule has 154 valence electrons. The van der Waals surface area contributed by atoms with Crippen LogP contribution in [0.3, 0.4) is 0 Å². The molecule has 7 heteroatoms. The molecule has 2 fully saturated rings. The van der Waals surface area contributed by atoms with E-state index in [0.29, 0.717) is 19.6 Å². The standard InChI is InChI=1S/C21H29N3O3.HI/c1-22-10-12-23(13-11-22)21(26)19-7-6-16-4-2-3-5-18(16)24(19)20(25)17-8-14-27-15-9-17;/h2-5,17,19H,6-15H2,1H3;1H. The number of carbonyl (C=O) groups excluding carboxylic acids is 2. The fourth-order valence-corrected chi connectivity index (χ4v) is 4.43. The number of nitrogens with zero attached hydrogens (tertiary/aromatic N) is 3. The Morgan fingerprint density at radius 2 is 1.64 bits per heavy atom. The minimum atomic E-state index is -0.376. The second-order valence-corrected chi connectivity index (χ2v) is 7.91. The predicted octanol–water partition coefficient (Wildman–Crippen LogP) is 2.15. The molecule has 1 aromatic rings. The summed E-state index contributed by atoms with van der Waals surface area (Å²) in [5.41, 5.74) is 2.09. The van der Waals surface area contributed by atoms with E-state index in [1.807, 2.05) is 28.0 Å². The molecule has 2 saturated heterocycles. The van der Waals surface area contributed by atoms with Crippen molar-refractivity contribution in [1.29, 1.82) is 0 Å². The van der Waals surface area contributed by atoms with Crippen LogP contribution in [0.25, 0.3) is 0 Å². The van der Waals surface area contributed by atoms with E-state index in [0.717, 1.165) is 51.1 Å². The number of likely N-dealkylation sites (N-methyl/N-ethyl adjacent to an activating group) is 1. The third-order valence-electron chi connectivity index (χ3n) is 6.16. The molecule has 0 spiro atoms. The molecule has 3 aliphatic heterocycles. The van der Waals surface area contributed by atoms with E-state index in [2.05, 4.69) is 18.0 Å². The van der Waals surface area contributed by atoms with Crippen LogP contribution in [-0.2, 0) is 20.7 Å². The Bertz CT molecular complexity index is 700. The Morgan fingerprint density at radius 1 is 0.964 bits per heavy atom. The number of ether oxygens (including phenoxy) is 1. The first-order valence-corrected chi connectivity index (χ1v) is 10.1. The van der Waals surface area contributed by atoms with Crippen LogP contribution in [0.4, 0.5) is 5.69 Å². The highest BCUT2D eigenvalue weighted by Crippen LogP contribution is 2.34. The minimum absolute atomic E-state index is 0. The molecule has 1 atom stereocenters. The third-order valence-corrected chi connectivity index (χ3v) is 6.16. The zero-order valence-corrected chi connectivity index (χ0v) is 18.8. The van der Waals surface area contributed by atoms with Gasteiger partial charge >= 0.3 is 0 Å². The summed E-state index contributed by atoms with van der Waals surface area (Å²) in [6, 6.07) is 7.68. The Morgan fingerprint density at radius 3 is 2.36 bits per heavy atom. The van der Waals surface area contributed by atoms with Crippen molar-refractivity contribution in [2.24, 2.45) is 5.92 Å². The number of anilines is 1. The summed E-state index contributed by atoms with van der Waals surface area (Å²) in [5.74, 6) is 0.156. The molecule has 2 amide bonds. The summed E-state index contributed by atoms with van der Waals surface area (Å²) >= 11 is 0. The largest absolute Gasteiger partial charge is 0.381 e. The fourth-order valence-electron chi connectivity index (χ4n) is 4.43. The molecule has 0 radical (unpaired) electrons. The topological polar surface area (TPSA) is 53.1 Å². The first-order valence-electron chi connectivity index (χ1n) is 10.1. The van der Waals surface area contributed by atoms with Crippen LogP contribution in [0.5, 0.6) is 0 Å². The lowest BCUT2D eigenvalue weighted by atomic mass is 9.91. The molecular formula is C21H30IN3O3. The number of benzene rings is 1. The Kier molecular flexibility index (Phi) is 7.33. The van der Waals surface area contributed by atoms with Gasteiger partial charge in [-0.15, -0.1) is 24.0 Å². The zero-order valence-electron chi connectivity index (χ0n) is 16.5. The molecule has 0 saturated carbocycles. The van der Waals surface area contributed by atoms with Gasteiger partial charge in [0.15, 0.2) is 0 Å². The summed E-state index contributed by atoms with van der Waals surface area (Å²) < 4.78 is 5.44. The molecule has 4 rings (SSSR count). The Labute approximate surface area is 184 Å². The molecule has 1 unspecified atom stereocenters. The van der Waals surface area contributed by atoms with Crippen LogP contribution >= 0.6 is 24.0 Å². The van der Waals surface area contributed by atoms with Crippen molar-refractivity contribution in [3.8, 4) is 0 Å². The van der Waals surface area contributed by atoms with Gasteiger partial charge in [0.05, 0.1) is 0 Å². The molecule has 0 N–H and O–H groups in total. The first-order chi connectivity index (χ1) is 13.1. The average molecular weight is 499 g/mol. The SMILES string of the molecule is CN1CCN(C(=O)C2CCc3ccccc3N2C(=O)C2CCOCC2)CC1.I. The van der Waals surface area contributed by atoms with E-state index < -0.39 is 0 Å². The normalized spacial score (nSPS) is 23.7. The summed E-state index contributed by atoms with van der Waals surface area (Å²) in [6.07, 6.45) is 3.04. The summed E-state index contributed by atoms with van der Waals surface area (Å²) in [4.78, 5) is 32.8. The number of aryl methyl sites for hydroxylation is 1. The molecule has 0 bridgehead atoms. The average Bonchev–Trinajstić information content (AvgIpc) is 2.73. The second-order valence-electron chi connectivity index (χ2n) is 7.91. The summed E-state index contributed by atoms with van der Waals surface area (Å²) in [5, 5.41) is 0. The number of carbonyl (C=O) groups is 2. The number of halogens is 1. The molecule has 28 heavy (non-hydrogen) atoms. The Hall–Kier alpha value is -1.19. The van der Waals surface area contributed by atoms with Gasteiger partial charge in [-0.25, -0.2) is 0 Å². The van der Waals surface area contributed by atoms with Crippen LogP contribution in [0.15, 0.2) is 24.3 Å². The maximum atomic E-state index is 13.5. The van der Waals surface area contributed by atoms with Gasteiger partial charge < -0.3 is 14.5 Å². The van der Waals surface area contributed by atoms with Crippen molar-refractivity contribution in [3.63, 3.8) is 0 Å². The van der Waals surface area contributed by atoms with Crippen molar-refractivity contribution < 1.29 is 14.3 Å². The molecule has 3 heterocycles. The van der Waals surface area contributed by atoms with Gasteiger partial charge in [0.2, 0.25) is 11.8 Å². The monoisotopic (exact) mass is 499 g/mol. The van der Waals surface area contributed by atoms with E-state index in [4.69, 9.17) is 4.74 Å². The molecule has 0 aromatic heterocycles. The molecule has 6 nitrogen and oxygen atoms in total. The minimum Gasteiger partial charge on any atom is -0.381 e. The lowest BCUT2D eigenvalue weighted by molar-refractivity contribution is -0.137. The van der Waals surface area contributed by atoms with Crippen LogP contribution in [0, 0.1) is 5.92 Å². The summed E-state index contributed by atoms with van der Waals surface area (Å²) in [6.45, 7) is 4.53. The van der Waals surface area contributed by atoms with Crippen LogP contribution in [-0.4, -0.2) is 74.1 Å². The van der Waals surface area contributed by atoms with E-state index in [9.17, 15) is 9.59 Å². The number of fused-ring (bicyclic) bond motifs is 1. The van der Waals surface area contributed by atoms with E-state index in [1.165, 1.54) is 5.56 Å². The number of piperazine rings is 1. The summed E-state index contributed by atoms with van der Waals surface area (Å²) in [7, 11) is 2.08. The number of hydrogen-bond acceptors (Lipinski definition) is 4. The fraction of sp³-hybridized carbons (Fsp3) is 0.619. The highest BCUT2D eigenvalue weighted by Gasteiger charge is 2.40. The van der Waals surface area contributed by atoms with Gasteiger partial charge in [0.25, 0.3) is 0 Å². The first kappa shape index (κ1) is 21.5. The lowest BCUT2D eigenvalue weighted by Crippen LogP contribution is -2.58. The second kappa shape index (κ2) is 9.54. The highest BCUT2D eigenvalue weighted by molar-refractivity contribution is 14.0. The smallest absolute Gasteiger partial charge is 0.245 e. The molecular weight excluding hydrogens is 469 g/mol. The van der Waals surface area contributed by atoms with Crippen molar-refractivity contribution >= 4 is 41.5 Å². The number of amides is 2. The maximum absolute atomic E-state index is 13.5. The third kappa shape index (κ3) is 4.36. The van der Waals surface area contributed by atoms with Crippen molar-refractivity contribution in [2.45, 2.75) is 31.7 Å². The van der Waals surface area contributed by atoms with Crippen molar-refractivity contribution in [3.05, 3.63) is 29.8 Å². The van der Waals surface area contributed by atoms with E-state index in [1.54, 1.807) is 0 Å². The quantitative estimate of drug-likeness (QED) is 0.586.